The van der Waals surface area contributed by atoms with E-state index >= 15 is 0 Å². The number of carbonyl (C=O) groups excluding carboxylic acids is 1. The lowest BCUT2D eigenvalue weighted by Gasteiger charge is -2.22. The van der Waals surface area contributed by atoms with Crippen LogP contribution in [0.3, 0.4) is 0 Å². The van der Waals surface area contributed by atoms with Crippen molar-refractivity contribution in [1.82, 2.24) is 10.2 Å². The minimum Gasteiger partial charge on any atom is -0.445 e. The highest BCUT2D eigenvalue weighted by molar-refractivity contribution is 5.68. The molecular weight excluding hydrogens is 325 g/mol. The average molecular weight is 344 g/mol. The Morgan fingerprint density at radius 3 is 2.71 bits per heavy atom. The quantitative estimate of drug-likeness (QED) is 0.916. The molecule has 132 valence electrons. The van der Waals surface area contributed by atoms with Crippen molar-refractivity contribution in [1.29, 1.82) is 0 Å². The highest BCUT2D eigenvalue weighted by Gasteiger charge is 2.47. The number of alkyl halides is 3. The third-order valence-electron chi connectivity index (χ3n) is 4.68. The second kappa shape index (κ2) is 6.16. The molecule has 1 aromatic rings. The number of benzene rings is 1. The van der Waals surface area contributed by atoms with Gasteiger partial charge in [0.2, 0.25) is 0 Å². The fourth-order valence-electron chi connectivity index (χ4n) is 3.32. The lowest BCUT2D eigenvalue weighted by molar-refractivity contribution is -0.274. The van der Waals surface area contributed by atoms with Gasteiger partial charge in [0.25, 0.3) is 0 Å². The van der Waals surface area contributed by atoms with E-state index in [4.69, 9.17) is 4.74 Å². The molecule has 0 spiro atoms. The van der Waals surface area contributed by atoms with Gasteiger partial charge in [-0.15, -0.1) is 13.2 Å². The third-order valence-corrected chi connectivity index (χ3v) is 4.68. The maximum absolute atomic E-state index is 12.2. The van der Waals surface area contributed by atoms with Gasteiger partial charge in [0.1, 0.15) is 12.4 Å². The van der Waals surface area contributed by atoms with Gasteiger partial charge in [0, 0.05) is 31.6 Å². The molecular formula is C16H19F3N2O3. The largest absolute Gasteiger partial charge is 0.573 e. The number of hydrogen-bond donors (Lipinski definition) is 1. The molecule has 2 aliphatic heterocycles. The first-order valence-corrected chi connectivity index (χ1v) is 7.72. The summed E-state index contributed by atoms with van der Waals surface area (Å²) in [6.07, 6.45) is -5.10. The van der Waals surface area contributed by atoms with Gasteiger partial charge in [-0.05, 0) is 23.6 Å². The normalized spacial score (nSPS) is 26.3. The van der Waals surface area contributed by atoms with E-state index in [-0.39, 0.29) is 23.9 Å². The molecule has 0 unspecified atom stereocenters. The van der Waals surface area contributed by atoms with Crippen LogP contribution in [0, 0.1) is 11.3 Å². The Bertz CT molecular complexity index is 606. The number of nitrogens with zero attached hydrogens (tertiary/aromatic N) is 1. The third kappa shape index (κ3) is 3.75. The number of amides is 1. The molecule has 5 nitrogen and oxygen atoms in total. The van der Waals surface area contributed by atoms with Gasteiger partial charge in [-0.25, -0.2) is 4.79 Å². The summed E-state index contributed by atoms with van der Waals surface area (Å²) in [5.74, 6) is 0.134. The Morgan fingerprint density at radius 1 is 1.38 bits per heavy atom. The molecule has 0 bridgehead atoms. The molecule has 1 aromatic carbocycles. The average Bonchev–Trinajstić information content (AvgIpc) is 2.99. The Kier molecular flexibility index (Phi) is 4.33. The number of hydrogen-bond acceptors (Lipinski definition) is 4. The second-order valence-corrected chi connectivity index (χ2v) is 6.61. The van der Waals surface area contributed by atoms with Gasteiger partial charge < -0.3 is 19.7 Å². The molecule has 2 aliphatic rings. The van der Waals surface area contributed by atoms with E-state index in [0.717, 1.165) is 13.1 Å². The van der Waals surface area contributed by atoms with Gasteiger partial charge in [0.05, 0.1) is 0 Å². The van der Waals surface area contributed by atoms with Crippen molar-refractivity contribution in [3.05, 3.63) is 29.8 Å². The highest BCUT2D eigenvalue weighted by atomic mass is 19.4. The van der Waals surface area contributed by atoms with Crippen LogP contribution in [0.4, 0.5) is 18.0 Å². The Labute approximate surface area is 137 Å². The molecule has 24 heavy (non-hydrogen) atoms. The van der Waals surface area contributed by atoms with Crippen molar-refractivity contribution in [3.63, 3.8) is 0 Å². The standard InChI is InChI=1S/C16H19F3N2O3/c1-15-9-20-6-12(15)7-21(10-15)14(22)23-8-11-2-4-13(5-3-11)24-16(17,18)19/h2-5,12,20H,6-10H2,1H3/t12-,15-/m0/s1. The molecule has 0 aromatic heterocycles. The van der Waals surface area contributed by atoms with Crippen molar-refractivity contribution < 1.29 is 27.4 Å². The van der Waals surface area contributed by atoms with Crippen molar-refractivity contribution in [2.24, 2.45) is 11.3 Å². The lowest BCUT2D eigenvalue weighted by atomic mass is 9.83. The van der Waals surface area contributed by atoms with Gasteiger partial charge in [-0.2, -0.15) is 0 Å². The summed E-state index contributed by atoms with van der Waals surface area (Å²) in [4.78, 5) is 13.9. The SMILES string of the molecule is C[C@@]12CNC[C@H]1CN(C(=O)OCc1ccc(OC(F)(F)F)cc1)C2. The van der Waals surface area contributed by atoms with Crippen molar-refractivity contribution in [3.8, 4) is 5.75 Å². The molecule has 0 aliphatic carbocycles. The number of halogens is 3. The summed E-state index contributed by atoms with van der Waals surface area (Å²) < 4.78 is 45.3. The fraction of sp³-hybridized carbons (Fsp3) is 0.562. The van der Waals surface area contributed by atoms with E-state index < -0.39 is 6.36 Å². The predicted molar refractivity (Wildman–Crippen MR) is 79.3 cm³/mol. The number of likely N-dealkylation sites (tertiary alicyclic amines) is 1. The maximum Gasteiger partial charge on any atom is 0.573 e. The number of ether oxygens (including phenoxy) is 2. The van der Waals surface area contributed by atoms with Gasteiger partial charge in [0.15, 0.2) is 0 Å². The van der Waals surface area contributed by atoms with E-state index in [1.165, 1.54) is 24.3 Å². The molecule has 1 amide bonds. The number of rotatable bonds is 3. The maximum atomic E-state index is 12.2. The topological polar surface area (TPSA) is 50.8 Å². The van der Waals surface area contributed by atoms with E-state index in [1.807, 2.05) is 0 Å². The van der Waals surface area contributed by atoms with Crippen LogP contribution < -0.4 is 10.1 Å². The van der Waals surface area contributed by atoms with Crippen LogP contribution in [0.2, 0.25) is 0 Å². The van der Waals surface area contributed by atoms with Crippen LogP contribution in [0.1, 0.15) is 12.5 Å². The van der Waals surface area contributed by atoms with Crippen LogP contribution in [0.25, 0.3) is 0 Å². The van der Waals surface area contributed by atoms with E-state index in [1.54, 1.807) is 4.90 Å². The van der Waals surface area contributed by atoms with Crippen LogP contribution in [-0.4, -0.2) is 43.5 Å². The number of carbonyl (C=O) groups is 1. The zero-order chi connectivity index (χ0) is 17.4. The molecule has 2 atom stereocenters. The number of nitrogens with one attached hydrogen (secondary N) is 1. The number of fused-ring (bicyclic) bond motifs is 1. The van der Waals surface area contributed by atoms with Crippen molar-refractivity contribution in [2.45, 2.75) is 19.9 Å². The monoisotopic (exact) mass is 344 g/mol. The van der Waals surface area contributed by atoms with Crippen molar-refractivity contribution >= 4 is 6.09 Å². The van der Waals surface area contributed by atoms with Crippen LogP contribution in [0.5, 0.6) is 5.75 Å². The minimum atomic E-state index is -4.72. The molecule has 2 saturated heterocycles. The van der Waals surface area contributed by atoms with Crippen molar-refractivity contribution in [2.75, 3.05) is 26.2 Å². The predicted octanol–water partition coefficient (Wildman–Crippen LogP) is 2.76. The first-order chi connectivity index (χ1) is 11.3. The molecule has 0 radical (unpaired) electrons. The van der Waals surface area contributed by atoms with Crippen LogP contribution >= 0.6 is 0 Å². The zero-order valence-electron chi connectivity index (χ0n) is 13.2. The summed E-state index contributed by atoms with van der Waals surface area (Å²) in [6, 6.07) is 5.28. The smallest absolute Gasteiger partial charge is 0.445 e. The summed E-state index contributed by atoms with van der Waals surface area (Å²) in [6.45, 7) is 5.29. The first kappa shape index (κ1) is 16.9. The Balaban J connectivity index is 1.50. The molecule has 1 N–H and O–H groups in total. The molecule has 2 fully saturated rings. The van der Waals surface area contributed by atoms with Crippen LogP contribution in [-0.2, 0) is 11.3 Å². The van der Waals surface area contributed by atoms with Gasteiger partial charge in [-0.3, -0.25) is 0 Å². The molecule has 8 heteroatoms. The molecule has 3 rings (SSSR count). The Morgan fingerprint density at radius 2 is 2.08 bits per heavy atom. The summed E-state index contributed by atoms with van der Waals surface area (Å²) in [7, 11) is 0. The first-order valence-electron chi connectivity index (χ1n) is 7.72. The van der Waals surface area contributed by atoms with Gasteiger partial charge >= 0.3 is 12.5 Å². The minimum absolute atomic E-state index is 0.0151. The highest BCUT2D eigenvalue weighted by Crippen LogP contribution is 2.38. The van der Waals surface area contributed by atoms with E-state index in [9.17, 15) is 18.0 Å². The lowest BCUT2D eigenvalue weighted by Crippen LogP contribution is -2.34. The van der Waals surface area contributed by atoms with Crippen LogP contribution in [0.15, 0.2) is 24.3 Å². The van der Waals surface area contributed by atoms with E-state index in [0.29, 0.717) is 24.6 Å². The summed E-state index contributed by atoms with van der Waals surface area (Å²) in [5.41, 5.74) is 0.695. The Hall–Kier alpha value is -1.96. The second-order valence-electron chi connectivity index (χ2n) is 6.61. The summed E-state index contributed by atoms with van der Waals surface area (Å²) >= 11 is 0. The summed E-state index contributed by atoms with van der Waals surface area (Å²) in [5, 5.41) is 3.33. The van der Waals surface area contributed by atoms with E-state index in [2.05, 4.69) is 17.0 Å². The molecule has 0 saturated carbocycles. The zero-order valence-corrected chi connectivity index (χ0v) is 13.2. The van der Waals surface area contributed by atoms with Gasteiger partial charge in [-0.1, -0.05) is 19.1 Å². The fourth-order valence-corrected chi connectivity index (χ4v) is 3.32. The molecule has 2 heterocycles.